The third-order valence-corrected chi connectivity index (χ3v) is 3.50. The average molecular weight is 298 g/mol. The molecule has 2 aromatic heterocycles. The van der Waals surface area contributed by atoms with Crippen LogP contribution in [0.4, 0.5) is 4.39 Å². The highest BCUT2D eigenvalue weighted by Gasteiger charge is 2.14. The molecule has 0 radical (unpaired) electrons. The second-order valence-corrected chi connectivity index (χ2v) is 4.88. The van der Waals surface area contributed by atoms with Gasteiger partial charge in [0.2, 0.25) is 0 Å². The van der Waals surface area contributed by atoms with Gasteiger partial charge >= 0.3 is 0 Å². The Labute approximate surface area is 127 Å². The molecule has 0 saturated carbocycles. The van der Waals surface area contributed by atoms with Crippen molar-refractivity contribution >= 4 is 0 Å². The standard InChI is InChI=1S/C16H15FN4O/c1-11-16(14-7-8-18-9-15(14)17)19-20-21(11)10-12-3-5-13(22-2)6-4-12/h3-9H,10H2,1-2H3. The van der Waals surface area contributed by atoms with E-state index in [4.69, 9.17) is 4.74 Å². The molecule has 6 heteroatoms. The van der Waals surface area contributed by atoms with Crippen LogP contribution < -0.4 is 4.74 Å². The van der Waals surface area contributed by atoms with Crippen LogP contribution in [0.2, 0.25) is 0 Å². The van der Waals surface area contributed by atoms with E-state index in [-0.39, 0.29) is 0 Å². The van der Waals surface area contributed by atoms with Gasteiger partial charge in [-0.05, 0) is 30.7 Å². The van der Waals surface area contributed by atoms with Crippen molar-refractivity contribution in [3.05, 3.63) is 59.8 Å². The first-order valence-corrected chi connectivity index (χ1v) is 6.82. The summed E-state index contributed by atoms with van der Waals surface area (Å²) in [5, 5.41) is 8.22. The maximum atomic E-state index is 13.8. The van der Waals surface area contributed by atoms with Gasteiger partial charge in [0.05, 0.1) is 25.5 Å². The molecule has 5 nitrogen and oxygen atoms in total. The first-order valence-electron chi connectivity index (χ1n) is 6.82. The normalized spacial score (nSPS) is 10.7. The van der Waals surface area contributed by atoms with Crippen molar-refractivity contribution in [2.75, 3.05) is 7.11 Å². The molecule has 0 aliphatic carbocycles. The largest absolute Gasteiger partial charge is 0.497 e. The van der Waals surface area contributed by atoms with Gasteiger partial charge in [-0.2, -0.15) is 0 Å². The Morgan fingerprint density at radius 1 is 1.18 bits per heavy atom. The lowest BCUT2D eigenvalue weighted by Crippen LogP contribution is -2.04. The number of benzene rings is 1. The Hall–Kier alpha value is -2.76. The second-order valence-electron chi connectivity index (χ2n) is 4.88. The summed E-state index contributed by atoms with van der Waals surface area (Å²) in [5.41, 5.74) is 2.82. The van der Waals surface area contributed by atoms with Gasteiger partial charge < -0.3 is 4.74 Å². The zero-order valence-corrected chi connectivity index (χ0v) is 12.3. The zero-order valence-electron chi connectivity index (χ0n) is 12.3. The first kappa shape index (κ1) is 14.2. The Morgan fingerprint density at radius 2 is 1.95 bits per heavy atom. The van der Waals surface area contributed by atoms with E-state index in [0.717, 1.165) is 17.0 Å². The summed E-state index contributed by atoms with van der Waals surface area (Å²) in [7, 11) is 1.63. The van der Waals surface area contributed by atoms with Crippen molar-refractivity contribution in [2.24, 2.45) is 0 Å². The molecule has 0 fully saturated rings. The molecule has 0 atom stereocenters. The fourth-order valence-electron chi connectivity index (χ4n) is 2.23. The van der Waals surface area contributed by atoms with Crippen molar-refractivity contribution in [3.63, 3.8) is 0 Å². The maximum Gasteiger partial charge on any atom is 0.150 e. The predicted molar refractivity (Wildman–Crippen MR) is 80.0 cm³/mol. The van der Waals surface area contributed by atoms with Gasteiger partial charge in [0.15, 0.2) is 5.82 Å². The summed E-state index contributed by atoms with van der Waals surface area (Å²) in [4.78, 5) is 3.75. The Morgan fingerprint density at radius 3 is 2.64 bits per heavy atom. The molecule has 0 amide bonds. The SMILES string of the molecule is COc1ccc(Cn2nnc(-c3ccncc3F)c2C)cc1. The summed E-state index contributed by atoms with van der Waals surface area (Å²) < 4.78 is 20.7. The number of halogens is 1. The third kappa shape index (κ3) is 2.67. The molecule has 0 aliphatic heterocycles. The van der Waals surface area contributed by atoms with Crippen LogP contribution in [0.25, 0.3) is 11.3 Å². The minimum absolute atomic E-state index is 0.401. The van der Waals surface area contributed by atoms with Crippen molar-refractivity contribution in [1.82, 2.24) is 20.0 Å². The number of hydrogen-bond donors (Lipinski definition) is 0. The molecule has 0 spiro atoms. The number of pyridine rings is 1. The van der Waals surface area contributed by atoms with Crippen LogP contribution in [-0.4, -0.2) is 27.1 Å². The van der Waals surface area contributed by atoms with Gasteiger partial charge in [0.25, 0.3) is 0 Å². The lowest BCUT2D eigenvalue weighted by atomic mass is 10.1. The monoisotopic (exact) mass is 298 g/mol. The van der Waals surface area contributed by atoms with Crippen molar-refractivity contribution in [3.8, 4) is 17.0 Å². The summed E-state index contributed by atoms with van der Waals surface area (Å²) in [6, 6.07) is 9.32. The van der Waals surface area contributed by atoms with E-state index in [1.54, 1.807) is 24.1 Å². The van der Waals surface area contributed by atoms with Gasteiger partial charge in [-0.3, -0.25) is 4.98 Å². The Kier molecular flexibility index (Phi) is 3.82. The number of nitrogens with zero attached hydrogens (tertiary/aromatic N) is 4. The van der Waals surface area contributed by atoms with Gasteiger partial charge in [0.1, 0.15) is 11.4 Å². The Bertz CT molecular complexity index is 783. The number of methoxy groups -OCH3 is 1. The van der Waals surface area contributed by atoms with Crippen molar-refractivity contribution < 1.29 is 9.13 Å². The van der Waals surface area contributed by atoms with Crippen LogP contribution in [0.1, 0.15) is 11.3 Å². The first-order chi connectivity index (χ1) is 10.7. The molecule has 0 aliphatic rings. The minimum atomic E-state index is -0.401. The summed E-state index contributed by atoms with van der Waals surface area (Å²) in [5.74, 6) is 0.403. The highest BCUT2D eigenvalue weighted by molar-refractivity contribution is 5.61. The van der Waals surface area contributed by atoms with Crippen LogP contribution in [0.15, 0.2) is 42.7 Å². The molecular formula is C16H15FN4O. The van der Waals surface area contributed by atoms with E-state index in [1.165, 1.54) is 6.20 Å². The molecule has 0 saturated heterocycles. The fraction of sp³-hybridized carbons (Fsp3) is 0.188. The van der Waals surface area contributed by atoms with Crippen molar-refractivity contribution in [2.45, 2.75) is 13.5 Å². The summed E-state index contributed by atoms with van der Waals surface area (Å²) >= 11 is 0. The average Bonchev–Trinajstić information content (AvgIpc) is 2.90. The zero-order chi connectivity index (χ0) is 15.5. The van der Waals surface area contributed by atoms with E-state index >= 15 is 0 Å². The lowest BCUT2D eigenvalue weighted by molar-refractivity contribution is 0.414. The van der Waals surface area contributed by atoms with Crippen LogP contribution in [0, 0.1) is 12.7 Å². The smallest absolute Gasteiger partial charge is 0.150 e. The van der Waals surface area contributed by atoms with E-state index in [0.29, 0.717) is 17.8 Å². The van der Waals surface area contributed by atoms with Crippen LogP contribution in [-0.2, 0) is 6.54 Å². The van der Waals surface area contributed by atoms with Gasteiger partial charge in [0, 0.05) is 11.8 Å². The van der Waals surface area contributed by atoms with E-state index in [9.17, 15) is 4.39 Å². The molecule has 2 heterocycles. The second kappa shape index (κ2) is 5.93. The molecule has 3 rings (SSSR count). The quantitative estimate of drug-likeness (QED) is 0.743. The predicted octanol–water partition coefficient (Wildman–Crippen LogP) is 2.84. The highest BCUT2D eigenvalue weighted by Crippen LogP contribution is 2.23. The molecular weight excluding hydrogens is 283 g/mol. The summed E-state index contributed by atoms with van der Waals surface area (Å²) in [6.45, 7) is 2.44. The van der Waals surface area contributed by atoms with Crippen LogP contribution in [0.3, 0.4) is 0 Å². The van der Waals surface area contributed by atoms with E-state index < -0.39 is 5.82 Å². The lowest BCUT2D eigenvalue weighted by Gasteiger charge is -2.06. The topological polar surface area (TPSA) is 52.8 Å². The number of hydrogen-bond acceptors (Lipinski definition) is 4. The van der Waals surface area contributed by atoms with Crippen LogP contribution >= 0.6 is 0 Å². The maximum absolute atomic E-state index is 13.8. The van der Waals surface area contributed by atoms with Gasteiger partial charge in [-0.1, -0.05) is 17.3 Å². The molecule has 0 bridgehead atoms. The van der Waals surface area contributed by atoms with E-state index in [2.05, 4.69) is 15.3 Å². The molecule has 22 heavy (non-hydrogen) atoms. The van der Waals surface area contributed by atoms with E-state index in [1.807, 2.05) is 31.2 Å². The molecule has 1 aromatic carbocycles. The summed E-state index contributed by atoms with van der Waals surface area (Å²) in [6.07, 6.45) is 2.72. The number of rotatable bonds is 4. The molecule has 0 unspecified atom stereocenters. The number of ether oxygens (including phenoxy) is 1. The third-order valence-electron chi connectivity index (χ3n) is 3.50. The Balaban J connectivity index is 1.88. The molecule has 112 valence electrons. The van der Waals surface area contributed by atoms with Crippen LogP contribution in [0.5, 0.6) is 5.75 Å². The fourth-order valence-corrected chi connectivity index (χ4v) is 2.23. The molecule has 0 N–H and O–H groups in total. The number of aromatic nitrogens is 4. The minimum Gasteiger partial charge on any atom is -0.497 e. The molecule has 3 aromatic rings. The van der Waals surface area contributed by atoms with Gasteiger partial charge in [-0.25, -0.2) is 9.07 Å². The highest BCUT2D eigenvalue weighted by atomic mass is 19.1. The van der Waals surface area contributed by atoms with Gasteiger partial charge in [-0.15, -0.1) is 5.10 Å². The van der Waals surface area contributed by atoms with Crippen molar-refractivity contribution in [1.29, 1.82) is 0 Å².